The largest absolute Gasteiger partial charge is 0.481 e. The summed E-state index contributed by atoms with van der Waals surface area (Å²) < 4.78 is 0. The fourth-order valence-electron chi connectivity index (χ4n) is 1.31. The van der Waals surface area contributed by atoms with Gasteiger partial charge in [0.05, 0.1) is 5.92 Å². The number of carbonyl (C=O) groups is 2. The fraction of sp³-hybridized carbons (Fsp3) is 0.778. The van der Waals surface area contributed by atoms with E-state index in [9.17, 15) is 9.59 Å². The molecule has 1 aliphatic rings. The highest BCUT2D eigenvalue weighted by molar-refractivity contribution is 5.79. The number of aliphatic carboxylic acids is 1. The Morgan fingerprint density at radius 1 is 1.38 bits per heavy atom. The Labute approximate surface area is 77.3 Å². The Bertz CT molecular complexity index is 219. The molecular weight excluding hydrogens is 170 g/mol. The Hall–Kier alpha value is -1.06. The van der Waals surface area contributed by atoms with Gasteiger partial charge in [-0.25, -0.2) is 0 Å². The molecule has 0 bridgehead atoms. The van der Waals surface area contributed by atoms with Gasteiger partial charge in [-0.1, -0.05) is 13.8 Å². The van der Waals surface area contributed by atoms with Crippen LogP contribution in [0, 0.1) is 11.8 Å². The van der Waals surface area contributed by atoms with Gasteiger partial charge in [0.15, 0.2) is 0 Å². The van der Waals surface area contributed by atoms with Crippen molar-refractivity contribution in [3.8, 4) is 0 Å². The SMILES string of the molecule is CC(C)C(=O)NC1CC(C(=O)O)C1. The zero-order chi connectivity index (χ0) is 10.0. The summed E-state index contributed by atoms with van der Waals surface area (Å²) in [5, 5.41) is 11.4. The van der Waals surface area contributed by atoms with Crippen molar-refractivity contribution >= 4 is 11.9 Å². The fourth-order valence-corrected chi connectivity index (χ4v) is 1.31. The van der Waals surface area contributed by atoms with Gasteiger partial charge in [-0.2, -0.15) is 0 Å². The Morgan fingerprint density at radius 3 is 2.31 bits per heavy atom. The van der Waals surface area contributed by atoms with Gasteiger partial charge in [0, 0.05) is 12.0 Å². The average molecular weight is 185 g/mol. The molecule has 13 heavy (non-hydrogen) atoms. The van der Waals surface area contributed by atoms with Gasteiger partial charge in [-0.05, 0) is 12.8 Å². The van der Waals surface area contributed by atoms with Crippen molar-refractivity contribution in [3.05, 3.63) is 0 Å². The molecule has 0 saturated heterocycles. The lowest BCUT2D eigenvalue weighted by Crippen LogP contribution is -2.47. The van der Waals surface area contributed by atoms with Gasteiger partial charge in [-0.15, -0.1) is 0 Å². The minimum Gasteiger partial charge on any atom is -0.481 e. The lowest BCUT2D eigenvalue weighted by atomic mass is 9.80. The third kappa shape index (κ3) is 2.44. The van der Waals surface area contributed by atoms with E-state index in [1.807, 2.05) is 13.8 Å². The Balaban J connectivity index is 2.22. The molecule has 0 atom stereocenters. The van der Waals surface area contributed by atoms with E-state index in [0.717, 1.165) is 0 Å². The maximum atomic E-state index is 11.2. The van der Waals surface area contributed by atoms with Crippen LogP contribution in [0.15, 0.2) is 0 Å². The lowest BCUT2D eigenvalue weighted by Gasteiger charge is -2.33. The van der Waals surface area contributed by atoms with Crippen molar-refractivity contribution in [3.63, 3.8) is 0 Å². The van der Waals surface area contributed by atoms with Gasteiger partial charge in [0.1, 0.15) is 0 Å². The Kier molecular flexibility index (Phi) is 2.90. The maximum absolute atomic E-state index is 11.2. The summed E-state index contributed by atoms with van der Waals surface area (Å²) in [4.78, 5) is 21.6. The third-order valence-electron chi connectivity index (χ3n) is 2.36. The van der Waals surface area contributed by atoms with E-state index in [1.165, 1.54) is 0 Å². The summed E-state index contributed by atoms with van der Waals surface area (Å²) in [6, 6.07) is 0.0796. The van der Waals surface area contributed by atoms with Crippen LogP contribution in [-0.2, 0) is 9.59 Å². The molecule has 2 N–H and O–H groups in total. The number of hydrogen-bond donors (Lipinski definition) is 2. The molecule has 1 aliphatic carbocycles. The molecule has 0 aromatic heterocycles. The quantitative estimate of drug-likeness (QED) is 0.677. The van der Waals surface area contributed by atoms with Crippen molar-refractivity contribution in [1.82, 2.24) is 5.32 Å². The summed E-state index contributed by atoms with van der Waals surface area (Å²) in [7, 11) is 0. The highest BCUT2D eigenvalue weighted by Crippen LogP contribution is 2.27. The van der Waals surface area contributed by atoms with Crippen LogP contribution in [0.2, 0.25) is 0 Å². The van der Waals surface area contributed by atoms with Crippen LogP contribution in [0.3, 0.4) is 0 Å². The first-order valence-electron chi connectivity index (χ1n) is 4.54. The molecule has 1 amide bonds. The van der Waals surface area contributed by atoms with E-state index < -0.39 is 5.97 Å². The number of carboxylic acids is 1. The van der Waals surface area contributed by atoms with Crippen molar-refractivity contribution in [2.24, 2.45) is 11.8 Å². The van der Waals surface area contributed by atoms with Gasteiger partial charge in [-0.3, -0.25) is 9.59 Å². The number of carbonyl (C=O) groups excluding carboxylic acids is 1. The van der Waals surface area contributed by atoms with E-state index in [2.05, 4.69) is 5.32 Å². The van der Waals surface area contributed by atoms with E-state index >= 15 is 0 Å². The minimum atomic E-state index is -0.755. The van der Waals surface area contributed by atoms with E-state index in [4.69, 9.17) is 5.11 Å². The number of amides is 1. The molecule has 1 rings (SSSR count). The van der Waals surface area contributed by atoms with Gasteiger partial charge in [0.25, 0.3) is 0 Å². The highest BCUT2D eigenvalue weighted by atomic mass is 16.4. The predicted octanol–water partition coefficient (Wildman–Crippen LogP) is 0.622. The van der Waals surface area contributed by atoms with E-state index in [-0.39, 0.29) is 23.8 Å². The second-order valence-electron chi connectivity index (χ2n) is 3.87. The normalized spacial score (nSPS) is 26.7. The monoisotopic (exact) mass is 185 g/mol. The average Bonchev–Trinajstić information content (AvgIpc) is 1.94. The van der Waals surface area contributed by atoms with Crippen LogP contribution >= 0.6 is 0 Å². The number of rotatable bonds is 3. The highest BCUT2D eigenvalue weighted by Gasteiger charge is 2.35. The molecule has 0 unspecified atom stereocenters. The number of nitrogens with one attached hydrogen (secondary N) is 1. The van der Waals surface area contributed by atoms with E-state index in [1.54, 1.807) is 0 Å². The summed E-state index contributed by atoms with van der Waals surface area (Å²) in [6.45, 7) is 3.64. The first kappa shape index (κ1) is 10.0. The summed E-state index contributed by atoms with van der Waals surface area (Å²) in [5.74, 6) is -1.02. The maximum Gasteiger partial charge on any atom is 0.306 e. The molecule has 4 nitrogen and oxygen atoms in total. The molecule has 74 valence electrons. The standard InChI is InChI=1S/C9H15NO3/c1-5(2)8(11)10-7-3-6(4-7)9(12)13/h5-7H,3-4H2,1-2H3,(H,10,11)(H,12,13). The molecule has 0 radical (unpaired) electrons. The molecule has 0 aliphatic heterocycles. The minimum absolute atomic E-state index is 0.00818. The predicted molar refractivity (Wildman–Crippen MR) is 47.1 cm³/mol. The first-order valence-corrected chi connectivity index (χ1v) is 4.54. The van der Waals surface area contributed by atoms with Crippen LogP contribution in [0.25, 0.3) is 0 Å². The molecular formula is C9H15NO3. The number of carboxylic acid groups (broad SMARTS) is 1. The molecule has 1 saturated carbocycles. The van der Waals surface area contributed by atoms with Crippen molar-refractivity contribution in [1.29, 1.82) is 0 Å². The molecule has 0 heterocycles. The molecule has 1 fully saturated rings. The van der Waals surface area contributed by atoms with Crippen LogP contribution in [-0.4, -0.2) is 23.0 Å². The van der Waals surface area contributed by atoms with Crippen LogP contribution in [0.5, 0.6) is 0 Å². The van der Waals surface area contributed by atoms with Crippen molar-refractivity contribution in [2.75, 3.05) is 0 Å². The second-order valence-corrected chi connectivity index (χ2v) is 3.87. The summed E-state index contributed by atoms with van der Waals surface area (Å²) >= 11 is 0. The number of hydrogen-bond acceptors (Lipinski definition) is 2. The smallest absolute Gasteiger partial charge is 0.306 e. The lowest BCUT2D eigenvalue weighted by molar-refractivity contribution is -0.146. The zero-order valence-electron chi connectivity index (χ0n) is 7.91. The zero-order valence-corrected chi connectivity index (χ0v) is 7.91. The van der Waals surface area contributed by atoms with Crippen molar-refractivity contribution < 1.29 is 14.7 Å². The molecule has 0 spiro atoms. The summed E-state index contributed by atoms with van der Waals surface area (Å²) in [6.07, 6.45) is 1.15. The first-order chi connectivity index (χ1) is 6.00. The van der Waals surface area contributed by atoms with E-state index in [0.29, 0.717) is 12.8 Å². The molecule has 4 heteroatoms. The Morgan fingerprint density at radius 2 is 1.92 bits per heavy atom. The van der Waals surface area contributed by atoms with Crippen LogP contribution in [0.4, 0.5) is 0 Å². The van der Waals surface area contributed by atoms with Gasteiger partial charge < -0.3 is 10.4 Å². The molecule has 0 aromatic rings. The third-order valence-corrected chi connectivity index (χ3v) is 2.36. The topological polar surface area (TPSA) is 66.4 Å². The van der Waals surface area contributed by atoms with Gasteiger partial charge >= 0.3 is 5.97 Å². The molecule has 0 aromatic carbocycles. The van der Waals surface area contributed by atoms with Crippen molar-refractivity contribution in [2.45, 2.75) is 32.7 Å². The second kappa shape index (κ2) is 3.77. The van der Waals surface area contributed by atoms with Crippen LogP contribution in [0.1, 0.15) is 26.7 Å². The van der Waals surface area contributed by atoms with Gasteiger partial charge in [0.2, 0.25) is 5.91 Å². The summed E-state index contributed by atoms with van der Waals surface area (Å²) in [5.41, 5.74) is 0. The van der Waals surface area contributed by atoms with Crippen LogP contribution < -0.4 is 5.32 Å².